The van der Waals surface area contributed by atoms with E-state index in [9.17, 15) is 0 Å². The minimum Gasteiger partial charge on any atom is -0.378 e. The first kappa shape index (κ1) is 14.9. The highest BCUT2D eigenvalue weighted by Crippen LogP contribution is 2.22. The summed E-state index contributed by atoms with van der Waals surface area (Å²) >= 11 is 6.11. The van der Waals surface area contributed by atoms with Gasteiger partial charge in [-0.1, -0.05) is 36.2 Å². The molecule has 0 radical (unpaired) electrons. The van der Waals surface area contributed by atoms with E-state index in [1.165, 1.54) is 43.2 Å². The molecule has 0 aliphatic carbocycles. The summed E-state index contributed by atoms with van der Waals surface area (Å²) in [5.74, 6) is 1.37. The fraction of sp³-hybridized carbons (Fsp3) is 0.647. The number of alkyl halides is 1. The normalized spacial score (nSPS) is 20.6. The van der Waals surface area contributed by atoms with Gasteiger partial charge in [0.05, 0.1) is 6.10 Å². The molecule has 106 valence electrons. The van der Waals surface area contributed by atoms with Gasteiger partial charge in [0, 0.05) is 12.5 Å². The minimum absolute atomic E-state index is 0.523. The molecule has 1 saturated heterocycles. The number of hydrogen-bond acceptors (Lipinski definition) is 1. The van der Waals surface area contributed by atoms with Crippen LogP contribution in [0.5, 0.6) is 0 Å². The van der Waals surface area contributed by atoms with Gasteiger partial charge in [-0.3, -0.25) is 0 Å². The van der Waals surface area contributed by atoms with Crippen molar-refractivity contribution >= 4 is 11.6 Å². The van der Waals surface area contributed by atoms with Gasteiger partial charge >= 0.3 is 0 Å². The Bertz CT molecular complexity index is 354. The van der Waals surface area contributed by atoms with E-state index >= 15 is 0 Å². The van der Waals surface area contributed by atoms with Crippen LogP contribution in [0.4, 0.5) is 0 Å². The summed E-state index contributed by atoms with van der Waals surface area (Å²) < 4.78 is 5.67. The van der Waals surface area contributed by atoms with E-state index in [2.05, 4.69) is 31.2 Å². The molecule has 0 N–H and O–H groups in total. The molecular weight excluding hydrogens is 256 g/mol. The molecule has 2 unspecified atom stereocenters. The Morgan fingerprint density at radius 2 is 2.11 bits per heavy atom. The number of rotatable bonds is 7. The van der Waals surface area contributed by atoms with E-state index in [0.717, 1.165) is 18.9 Å². The molecule has 0 spiro atoms. The molecule has 1 aromatic carbocycles. The summed E-state index contributed by atoms with van der Waals surface area (Å²) in [6, 6.07) is 8.84. The molecule has 2 rings (SSSR count). The molecule has 0 amide bonds. The molecule has 1 aliphatic rings. The van der Waals surface area contributed by atoms with Crippen molar-refractivity contribution in [2.45, 2.75) is 51.6 Å². The average Bonchev–Trinajstić information content (AvgIpc) is 2.93. The Labute approximate surface area is 122 Å². The van der Waals surface area contributed by atoms with Gasteiger partial charge in [-0.2, -0.15) is 0 Å². The molecule has 1 aromatic rings. The van der Waals surface area contributed by atoms with Crippen molar-refractivity contribution in [3.05, 3.63) is 35.4 Å². The van der Waals surface area contributed by atoms with Gasteiger partial charge < -0.3 is 4.74 Å². The van der Waals surface area contributed by atoms with Crippen molar-refractivity contribution in [3.63, 3.8) is 0 Å². The number of benzene rings is 1. The van der Waals surface area contributed by atoms with Crippen LogP contribution in [0.2, 0.25) is 0 Å². The van der Waals surface area contributed by atoms with Crippen molar-refractivity contribution in [2.75, 3.05) is 12.5 Å². The Kier molecular flexibility index (Phi) is 6.19. The van der Waals surface area contributed by atoms with Gasteiger partial charge in [-0.05, 0) is 50.5 Å². The molecule has 0 aromatic heterocycles. The van der Waals surface area contributed by atoms with Crippen LogP contribution in [0.1, 0.15) is 43.2 Å². The van der Waals surface area contributed by atoms with Crippen LogP contribution in [0.3, 0.4) is 0 Å². The number of hydrogen-bond donors (Lipinski definition) is 0. The van der Waals surface area contributed by atoms with Crippen LogP contribution < -0.4 is 0 Å². The standard InChI is InChI=1S/C17H25ClO/c1-14-7-9-15(10-8-14)12-16(13-18)4-2-5-17-6-3-11-19-17/h7-10,16-17H,2-6,11-13H2,1H3. The van der Waals surface area contributed by atoms with Crippen molar-refractivity contribution in [1.82, 2.24) is 0 Å². The predicted octanol–water partition coefficient (Wildman–Crippen LogP) is 4.74. The molecule has 1 nitrogen and oxygen atoms in total. The first-order valence-corrected chi connectivity index (χ1v) is 8.04. The first-order valence-electron chi connectivity index (χ1n) is 7.51. The second-order valence-electron chi connectivity index (χ2n) is 5.78. The smallest absolute Gasteiger partial charge is 0.0576 e. The van der Waals surface area contributed by atoms with Crippen molar-refractivity contribution < 1.29 is 4.74 Å². The summed E-state index contributed by atoms with van der Waals surface area (Å²) in [6.45, 7) is 3.09. The van der Waals surface area contributed by atoms with Crippen molar-refractivity contribution in [2.24, 2.45) is 5.92 Å². The lowest BCUT2D eigenvalue weighted by atomic mass is 9.94. The fourth-order valence-corrected chi connectivity index (χ4v) is 3.06. The lowest BCUT2D eigenvalue weighted by molar-refractivity contribution is 0.101. The number of ether oxygens (including phenoxy) is 1. The second kappa shape index (κ2) is 7.91. The van der Waals surface area contributed by atoms with Crippen LogP contribution in [0, 0.1) is 12.8 Å². The molecule has 2 heteroatoms. The maximum atomic E-state index is 6.11. The average molecular weight is 281 g/mol. The maximum Gasteiger partial charge on any atom is 0.0576 e. The topological polar surface area (TPSA) is 9.23 Å². The molecule has 19 heavy (non-hydrogen) atoms. The van der Waals surface area contributed by atoms with E-state index in [1.807, 2.05) is 0 Å². The summed E-state index contributed by atoms with van der Waals surface area (Å²) in [7, 11) is 0. The zero-order valence-corrected chi connectivity index (χ0v) is 12.7. The van der Waals surface area contributed by atoms with Gasteiger partial charge in [-0.15, -0.1) is 11.6 Å². The highest BCUT2D eigenvalue weighted by Gasteiger charge is 2.16. The molecule has 0 bridgehead atoms. The Morgan fingerprint density at radius 3 is 2.74 bits per heavy atom. The lowest BCUT2D eigenvalue weighted by Crippen LogP contribution is -2.10. The third kappa shape index (κ3) is 5.16. The van der Waals surface area contributed by atoms with Gasteiger partial charge in [0.2, 0.25) is 0 Å². The van der Waals surface area contributed by atoms with Crippen LogP contribution in [-0.2, 0) is 11.2 Å². The Balaban J connectivity index is 1.71. The molecular formula is C17H25ClO. The van der Waals surface area contributed by atoms with Gasteiger partial charge in [0.1, 0.15) is 0 Å². The van der Waals surface area contributed by atoms with Gasteiger partial charge in [0.15, 0.2) is 0 Å². The Morgan fingerprint density at radius 1 is 1.32 bits per heavy atom. The summed E-state index contributed by atoms with van der Waals surface area (Å²) in [6.07, 6.45) is 7.80. The summed E-state index contributed by atoms with van der Waals surface area (Å²) in [4.78, 5) is 0. The summed E-state index contributed by atoms with van der Waals surface area (Å²) in [5.41, 5.74) is 2.73. The Hall–Kier alpha value is -0.530. The second-order valence-corrected chi connectivity index (χ2v) is 6.08. The first-order chi connectivity index (χ1) is 9.28. The molecule has 1 fully saturated rings. The van der Waals surface area contributed by atoms with E-state index in [0.29, 0.717) is 12.0 Å². The van der Waals surface area contributed by atoms with Crippen LogP contribution in [-0.4, -0.2) is 18.6 Å². The molecule has 1 heterocycles. The quantitative estimate of drug-likeness (QED) is 0.656. The van der Waals surface area contributed by atoms with Crippen LogP contribution in [0.25, 0.3) is 0 Å². The van der Waals surface area contributed by atoms with Crippen molar-refractivity contribution in [3.8, 4) is 0 Å². The molecule has 0 saturated carbocycles. The van der Waals surface area contributed by atoms with Crippen LogP contribution >= 0.6 is 11.6 Å². The van der Waals surface area contributed by atoms with E-state index in [4.69, 9.17) is 16.3 Å². The lowest BCUT2D eigenvalue weighted by Gasteiger charge is -2.15. The third-order valence-corrected chi connectivity index (χ3v) is 4.46. The predicted molar refractivity (Wildman–Crippen MR) is 81.9 cm³/mol. The van der Waals surface area contributed by atoms with Crippen LogP contribution in [0.15, 0.2) is 24.3 Å². The maximum absolute atomic E-state index is 6.11. The van der Waals surface area contributed by atoms with E-state index < -0.39 is 0 Å². The van der Waals surface area contributed by atoms with Gasteiger partial charge in [0.25, 0.3) is 0 Å². The fourth-order valence-electron chi connectivity index (χ4n) is 2.80. The minimum atomic E-state index is 0.523. The zero-order chi connectivity index (χ0) is 13.5. The number of halogens is 1. The molecule has 2 atom stereocenters. The van der Waals surface area contributed by atoms with E-state index in [1.54, 1.807) is 0 Å². The zero-order valence-electron chi connectivity index (χ0n) is 11.9. The van der Waals surface area contributed by atoms with E-state index in [-0.39, 0.29) is 0 Å². The largest absolute Gasteiger partial charge is 0.378 e. The highest BCUT2D eigenvalue weighted by molar-refractivity contribution is 6.18. The summed E-state index contributed by atoms with van der Waals surface area (Å²) in [5, 5.41) is 0. The molecule has 1 aliphatic heterocycles. The van der Waals surface area contributed by atoms with Gasteiger partial charge in [-0.25, -0.2) is 0 Å². The monoisotopic (exact) mass is 280 g/mol. The number of aryl methyl sites for hydroxylation is 1. The SMILES string of the molecule is Cc1ccc(CC(CCl)CCCC2CCCO2)cc1. The highest BCUT2D eigenvalue weighted by atomic mass is 35.5. The third-order valence-electron chi connectivity index (χ3n) is 4.03. The van der Waals surface area contributed by atoms with Crippen molar-refractivity contribution in [1.29, 1.82) is 0 Å².